The van der Waals surface area contributed by atoms with E-state index in [0.29, 0.717) is 19.8 Å². The Kier molecular flexibility index (Phi) is 3.22. The van der Waals surface area contributed by atoms with Gasteiger partial charge in [-0.15, -0.1) is 0 Å². The Balaban J connectivity index is 2.00. The Bertz CT molecular complexity index is 400. The van der Waals surface area contributed by atoms with Gasteiger partial charge in [0.2, 0.25) is 0 Å². The van der Waals surface area contributed by atoms with E-state index in [4.69, 9.17) is 20.6 Å². The lowest BCUT2D eigenvalue weighted by Crippen LogP contribution is -2.35. The lowest BCUT2D eigenvalue weighted by molar-refractivity contribution is -0.135. The fourth-order valence-corrected chi connectivity index (χ4v) is 1.54. The molecule has 3 N–H and O–H groups in total. The highest BCUT2D eigenvalue weighted by molar-refractivity contribution is 5.95. The molecule has 0 radical (unpaired) electrons. The second-order valence-corrected chi connectivity index (χ2v) is 4.03. The lowest BCUT2D eigenvalue weighted by atomic mass is 10.1. The lowest BCUT2D eigenvalue weighted by Gasteiger charge is -2.26. The molecular formula is C12H16N2O2. The van der Waals surface area contributed by atoms with Gasteiger partial charge < -0.3 is 15.2 Å². The van der Waals surface area contributed by atoms with Crippen molar-refractivity contribution >= 4 is 5.84 Å². The third-order valence-electron chi connectivity index (χ3n) is 2.74. The largest absolute Gasteiger partial charge is 0.384 e. The van der Waals surface area contributed by atoms with E-state index in [9.17, 15) is 0 Å². The second kappa shape index (κ2) is 4.63. The predicted molar refractivity (Wildman–Crippen MR) is 61.6 cm³/mol. The number of amidine groups is 1. The maximum Gasteiger partial charge on any atom is 0.122 e. The summed E-state index contributed by atoms with van der Waals surface area (Å²) in [5, 5.41) is 7.34. The van der Waals surface area contributed by atoms with Gasteiger partial charge in [-0.05, 0) is 24.1 Å². The van der Waals surface area contributed by atoms with Crippen LogP contribution in [0, 0.1) is 12.3 Å². The molecule has 0 spiro atoms. The molecule has 1 saturated heterocycles. The van der Waals surface area contributed by atoms with Crippen LogP contribution >= 0.6 is 0 Å². The summed E-state index contributed by atoms with van der Waals surface area (Å²) in [6.07, 6.45) is 0.242. The zero-order valence-electron chi connectivity index (χ0n) is 9.32. The SMILES string of the molecule is Cc1cc(C(=N)N)ccc1COC1COC1. The van der Waals surface area contributed by atoms with Crippen molar-refractivity contribution in [1.29, 1.82) is 5.41 Å². The zero-order valence-corrected chi connectivity index (χ0v) is 9.32. The van der Waals surface area contributed by atoms with E-state index in [-0.39, 0.29) is 11.9 Å². The van der Waals surface area contributed by atoms with Gasteiger partial charge in [0.25, 0.3) is 0 Å². The van der Waals surface area contributed by atoms with E-state index < -0.39 is 0 Å². The van der Waals surface area contributed by atoms with Crippen molar-refractivity contribution in [3.05, 3.63) is 34.9 Å². The van der Waals surface area contributed by atoms with Crippen molar-refractivity contribution in [1.82, 2.24) is 0 Å². The van der Waals surface area contributed by atoms with Crippen LogP contribution in [-0.4, -0.2) is 25.2 Å². The number of hydrogen-bond acceptors (Lipinski definition) is 3. The van der Waals surface area contributed by atoms with E-state index in [1.165, 1.54) is 0 Å². The van der Waals surface area contributed by atoms with Gasteiger partial charge in [-0.2, -0.15) is 0 Å². The average molecular weight is 220 g/mol. The van der Waals surface area contributed by atoms with Crippen LogP contribution in [0.4, 0.5) is 0 Å². The normalized spacial score (nSPS) is 15.8. The number of hydrogen-bond donors (Lipinski definition) is 2. The molecule has 1 aromatic rings. The highest BCUT2D eigenvalue weighted by Gasteiger charge is 2.18. The van der Waals surface area contributed by atoms with Crippen molar-refractivity contribution in [2.75, 3.05) is 13.2 Å². The molecule has 0 aromatic heterocycles. The molecule has 1 fully saturated rings. The molecule has 4 nitrogen and oxygen atoms in total. The third kappa shape index (κ3) is 2.40. The van der Waals surface area contributed by atoms with E-state index >= 15 is 0 Å². The molecule has 0 unspecified atom stereocenters. The minimum atomic E-state index is 0.1000. The van der Waals surface area contributed by atoms with E-state index in [0.717, 1.165) is 16.7 Å². The summed E-state index contributed by atoms with van der Waals surface area (Å²) in [5.41, 5.74) is 8.42. The van der Waals surface area contributed by atoms with Crippen LogP contribution in [-0.2, 0) is 16.1 Å². The first-order chi connectivity index (χ1) is 7.66. The molecule has 0 amide bonds. The van der Waals surface area contributed by atoms with E-state index in [1.807, 2.05) is 25.1 Å². The quantitative estimate of drug-likeness (QED) is 0.591. The Morgan fingerprint density at radius 3 is 2.81 bits per heavy atom. The zero-order chi connectivity index (χ0) is 11.5. The van der Waals surface area contributed by atoms with Gasteiger partial charge in [0, 0.05) is 5.56 Å². The summed E-state index contributed by atoms with van der Waals surface area (Å²) >= 11 is 0. The molecule has 0 atom stereocenters. The van der Waals surface area contributed by atoms with Crippen LogP contribution in [0.3, 0.4) is 0 Å². The molecule has 4 heteroatoms. The summed E-state index contributed by atoms with van der Waals surface area (Å²) < 4.78 is 10.7. The number of benzene rings is 1. The maximum atomic E-state index is 7.34. The number of ether oxygens (including phenoxy) is 2. The van der Waals surface area contributed by atoms with Crippen molar-refractivity contribution in [2.45, 2.75) is 19.6 Å². The molecule has 0 bridgehead atoms. The first-order valence-corrected chi connectivity index (χ1v) is 5.30. The summed E-state index contributed by atoms with van der Waals surface area (Å²) in [7, 11) is 0. The number of nitrogen functional groups attached to an aromatic ring is 1. The standard InChI is InChI=1S/C12H16N2O2/c1-8-4-9(12(13)14)2-3-10(8)5-16-11-6-15-7-11/h2-4,11H,5-7H2,1H3,(H3,13,14). The van der Waals surface area contributed by atoms with Gasteiger partial charge in [0.05, 0.1) is 19.8 Å². The van der Waals surface area contributed by atoms with Crippen molar-refractivity contribution in [3.8, 4) is 0 Å². The van der Waals surface area contributed by atoms with Gasteiger partial charge in [-0.3, -0.25) is 5.41 Å². The average Bonchev–Trinajstić information content (AvgIpc) is 2.17. The Hall–Kier alpha value is -1.39. The summed E-state index contributed by atoms with van der Waals surface area (Å²) in [6.45, 7) is 4.00. The Morgan fingerprint density at radius 2 is 2.31 bits per heavy atom. The van der Waals surface area contributed by atoms with Crippen LogP contribution in [0.5, 0.6) is 0 Å². The van der Waals surface area contributed by atoms with Crippen LogP contribution < -0.4 is 5.73 Å². The van der Waals surface area contributed by atoms with Gasteiger partial charge in [-0.25, -0.2) is 0 Å². The van der Waals surface area contributed by atoms with Crippen molar-refractivity contribution in [3.63, 3.8) is 0 Å². The predicted octanol–water partition coefficient (Wildman–Crippen LogP) is 1.19. The molecular weight excluding hydrogens is 204 g/mol. The highest BCUT2D eigenvalue weighted by Crippen LogP contribution is 2.15. The van der Waals surface area contributed by atoms with Crippen LogP contribution in [0.25, 0.3) is 0 Å². The van der Waals surface area contributed by atoms with Crippen LogP contribution in [0.15, 0.2) is 18.2 Å². The van der Waals surface area contributed by atoms with Gasteiger partial charge in [0.1, 0.15) is 11.9 Å². The molecule has 2 rings (SSSR count). The fraction of sp³-hybridized carbons (Fsp3) is 0.417. The summed E-state index contributed by atoms with van der Waals surface area (Å²) in [6, 6.07) is 5.73. The third-order valence-corrected chi connectivity index (χ3v) is 2.74. The molecule has 1 aromatic carbocycles. The Labute approximate surface area is 94.9 Å². The number of rotatable bonds is 4. The molecule has 0 aliphatic carbocycles. The highest BCUT2D eigenvalue weighted by atomic mass is 16.6. The second-order valence-electron chi connectivity index (χ2n) is 4.03. The fourth-order valence-electron chi connectivity index (χ4n) is 1.54. The number of nitrogens with one attached hydrogen (secondary N) is 1. The Morgan fingerprint density at radius 1 is 1.56 bits per heavy atom. The number of nitrogens with two attached hydrogens (primary N) is 1. The van der Waals surface area contributed by atoms with Crippen molar-refractivity contribution in [2.24, 2.45) is 5.73 Å². The molecule has 1 aliphatic rings. The minimum absolute atomic E-state index is 0.1000. The molecule has 86 valence electrons. The van der Waals surface area contributed by atoms with Crippen LogP contribution in [0.1, 0.15) is 16.7 Å². The molecule has 16 heavy (non-hydrogen) atoms. The number of aryl methyl sites for hydroxylation is 1. The summed E-state index contributed by atoms with van der Waals surface area (Å²) in [5.74, 6) is 0.1000. The smallest absolute Gasteiger partial charge is 0.122 e. The van der Waals surface area contributed by atoms with Crippen LogP contribution in [0.2, 0.25) is 0 Å². The topological polar surface area (TPSA) is 68.3 Å². The van der Waals surface area contributed by atoms with Crippen molar-refractivity contribution < 1.29 is 9.47 Å². The summed E-state index contributed by atoms with van der Waals surface area (Å²) in [4.78, 5) is 0. The monoisotopic (exact) mass is 220 g/mol. The first-order valence-electron chi connectivity index (χ1n) is 5.30. The van der Waals surface area contributed by atoms with Gasteiger partial charge in [0.15, 0.2) is 0 Å². The van der Waals surface area contributed by atoms with E-state index in [1.54, 1.807) is 0 Å². The van der Waals surface area contributed by atoms with Gasteiger partial charge >= 0.3 is 0 Å². The molecule has 1 aliphatic heterocycles. The minimum Gasteiger partial charge on any atom is -0.384 e. The molecule has 1 heterocycles. The first kappa shape index (κ1) is 11.1. The van der Waals surface area contributed by atoms with E-state index in [2.05, 4.69) is 0 Å². The maximum absolute atomic E-state index is 7.34. The van der Waals surface area contributed by atoms with Gasteiger partial charge in [-0.1, -0.05) is 12.1 Å². The molecule has 0 saturated carbocycles.